The lowest BCUT2D eigenvalue weighted by molar-refractivity contribution is 0.0660. The van der Waals surface area contributed by atoms with Gasteiger partial charge in [-0.15, -0.1) is 0 Å². The summed E-state index contributed by atoms with van der Waals surface area (Å²) in [5, 5.41) is 6.27. The second-order valence-electron chi connectivity index (χ2n) is 6.92. The summed E-state index contributed by atoms with van der Waals surface area (Å²) in [6.07, 6.45) is 1.62. The molecule has 3 aromatic carbocycles. The Balaban J connectivity index is 1.65. The fraction of sp³-hybridized carbons (Fsp3) is 0.0417. The number of hydrogen-bond acceptors (Lipinski definition) is 3. The highest BCUT2D eigenvalue weighted by Gasteiger charge is 2.35. The Morgan fingerprint density at radius 3 is 2.03 bits per heavy atom. The number of carbonyl (C=O) groups excluding carboxylic acids is 2. The molecule has 2 amide bonds. The summed E-state index contributed by atoms with van der Waals surface area (Å²) >= 11 is 0. The highest BCUT2D eigenvalue weighted by atomic mass is 16.2. The number of carbonyl (C=O) groups is 2. The van der Waals surface area contributed by atoms with Crippen LogP contribution in [0.5, 0.6) is 0 Å². The smallest absolute Gasteiger partial charge is 0.282 e. The van der Waals surface area contributed by atoms with Gasteiger partial charge in [-0.1, -0.05) is 60.7 Å². The Morgan fingerprint density at radius 2 is 1.34 bits per heavy atom. The third-order valence-corrected chi connectivity index (χ3v) is 5.27. The fourth-order valence-electron chi connectivity index (χ4n) is 3.90. The van der Waals surface area contributed by atoms with E-state index in [1.165, 1.54) is 0 Å². The van der Waals surface area contributed by atoms with Crippen LogP contribution in [0.25, 0.3) is 22.2 Å². The molecule has 1 aromatic heterocycles. The molecule has 4 aromatic rings. The van der Waals surface area contributed by atoms with Gasteiger partial charge in [-0.25, -0.2) is 0 Å². The molecule has 2 heterocycles. The molecule has 29 heavy (non-hydrogen) atoms. The van der Waals surface area contributed by atoms with Gasteiger partial charge in [-0.2, -0.15) is 10.1 Å². The molecule has 0 saturated carbocycles. The molecule has 0 spiro atoms. The molecule has 0 aliphatic carbocycles. The van der Waals surface area contributed by atoms with Crippen molar-refractivity contribution in [1.82, 2.24) is 9.58 Å². The van der Waals surface area contributed by atoms with Crippen molar-refractivity contribution >= 4 is 28.9 Å². The van der Waals surface area contributed by atoms with Crippen LogP contribution >= 0.6 is 0 Å². The molecule has 5 rings (SSSR count). The number of fused-ring (bicyclic) bond motifs is 2. The largest absolute Gasteiger partial charge is 0.343 e. The van der Waals surface area contributed by atoms with Gasteiger partial charge in [-0.05, 0) is 23.8 Å². The topological polar surface area (TPSA) is 54.7 Å². The van der Waals surface area contributed by atoms with Gasteiger partial charge in [0.1, 0.15) is 0 Å². The molecule has 1 aliphatic rings. The fourth-order valence-corrected chi connectivity index (χ4v) is 3.90. The Bertz CT molecular complexity index is 1270. The molecular weight excluding hydrogens is 362 g/mol. The number of nitrogens with zero attached hydrogens (tertiary/aromatic N) is 3. The summed E-state index contributed by atoms with van der Waals surface area (Å²) < 4.78 is 2.11. The van der Waals surface area contributed by atoms with Gasteiger partial charge in [0.2, 0.25) is 0 Å². The maximum atomic E-state index is 12.6. The molecule has 5 nitrogen and oxygen atoms in total. The first kappa shape index (κ1) is 17.1. The van der Waals surface area contributed by atoms with Crippen LogP contribution in [0, 0.1) is 0 Å². The van der Waals surface area contributed by atoms with Crippen LogP contribution in [0.3, 0.4) is 0 Å². The second-order valence-corrected chi connectivity index (χ2v) is 6.92. The van der Waals surface area contributed by atoms with Gasteiger partial charge >= 0.3 is 0 Å². The standard InChI is InChI=1S/C24H17N3O2/c1-26-21-14-8-7-11-17(21)20(22(26)16-9-3-2-4-10-16)15-25-27-23(28)18-12-5-6-13-19(18)24(27)29/h2-15H,1H3/b25-15+. The summed E-state index contributed by atoms with van der Waals surface area (Å²) in [4.78, 5) is 25.3. The van der Waals surface area contributed by atoms with E-state index in [2.05, 4.69) is 9.67 Å². The molecule has 0 N–H and O–H groups in total. The Labute approximate surface area is 167 Å². The highest BCUT2D eigenvalue weighted by Crippen LogP contribution is 2.32. The zero-order valence-electron chi connectivity index (χ0n) is 15.7. The van der Waals surface area contributed by atoms with Gasteiger partial charge in [0.25, 0.3) is 11.8 Å². The van der Waals surface area contributed by atoms with E-state index in [0.29, 0.717) is 11.1 Å². The summed E-state index contributed by atoms with van der Waals surface area (Å²) in [5.41, 5.74) is 4.70. The highest BCUT2D eigenvalue weighted by molar-refractivity contribution is 6.21. The van der Waals surface area contributed by atoms with Gasteiger partial charge in [0, 0.05) is 23.5 Å². The number of hydrazone groups is 1. The van der Waals surface area contributed by atoms with Crippen LogP contribution in [0.4, 0.5) is 0 Å². The molecule has 0 fully saturated rings. The first-order valence-corrected chi connectivity index (χ1v) is 9.31. The minimum Gasteiger partial charge on any atom is -0.343 e. The zero-order valence-corrected chi connectivity index (χ0v) is 15.7. The first-order chi connectivity index (χ1) is 14.2. The molecule has 1 aliphatic heterocycles. The summed E-state index contributed by atoms with van der Waals surface area (Å²) in [7, 11) is 2.00. The van der Waals surface area contributed by atoms with E-state index in [1.54, 1.807) is 30.5 Å². The lowest BCUT2D eigenvalue weighted by Crippen LogP contribution is -2.24. The number of aryl methyl sites for hydroxylation is 1. The van der Waals surface area contributed by atoms with Crippen molar-refractivity contribution in [1.29, 1.82) is 0 Å². The Hall–Kier alpha value is -3.99. The SMILES string of the molecule is Cn1c(-c2ccccc2)c(/C=N/N2C(=O)c3ccccc3C2=O)c2ccccc21. The number of amides is 2. The molecule has 0 saturated heterocycles. The summed E-state index contributed by atoms with van der Waals surface area (Å²) in [6, 6.07) is 24.8. The first-order valence-electron chi connectivity index (χ1n) is 9.31. The van der Waals surface area contributed by atoms with Crippen molar-refractivity contribution in [3.63, 3.8) is 0 Å². The summed E-state index contributed by atoms with van der Waals surface area (Å²) in [5.74, 6) is -0.799. The lowest BCUT2D eigenvalue weighted by atomic mass is 10.1. The van der Waals surface area contributed by atoms with E-state index in [0.717, 1.165) is 32.7 Å². The van der Waals surface area contributed by atoms with E-state index in [1.807, 2.05) is 61.6 Å². The minimum atomic E-state index is -0.400. The maximum Gasteiger partial charge on any atom is 0.282 e. The van der Waals surface area contributed by atoms with E-state index in [-0.39, 0.29) is 0 Å². The number of aromatic nitrogens is 1. The molecular formula is C24H17N3O2. The van der Waals surface area contributed by atoms with Crippen molar-refractivity contribution in [2.45, 2.75) is 0 Å². The molecule has 5 heteroatoms. The summed E-state index contributed by atoms with van der Waals surface area (Å²) in [6.45, 7) is 0. The number of hydrogen-bond donors (Lipinski definition) is 0. The third kappa shape index (κ3) is 2.59. The predicted molar refractivity (Wildman–Crippen MR) is 113 cm³/mol. The number of benzene rings is 3. The van der Waals surface area contributed by atoms with Gasteiger partial charge < -0.3 is 4.57 Å². The second kappa shape index (κ2) is 6.56. The van der Waals surface area contributed by atoms with Crippen molar-refractivity contribution in [3.8, 4) is 11.3 Å². The zero-order chi connectivity index (χ0) is 20.0. The van der Waals surface area contributed by atoms with E-state index in [4.69, 9.17) is 0 Å². The molecule has 0 atom stereocenters. The maximum absolute atomic E-state index is 12.6. The third-order valence-electron chi connectivity index (χ3n) is 5.27. The minimum absolute atomic E-state index is 0.385. The molecule has 0 unspecified atom stereocenters. The monoisotopic (exact) mass is 379 g/mol. The number of rotatable bonds is 3. The van der Waals surface area contributed by atoms with Crippen molar-refractivity contribution in [3.05, 3.63) is 95.6 Å². The quantitative estimate of drug-likeness (QED) is 0.389. The Morgan fingerprint density at radius 1 is 0.759 bits per heavy atom. The van der Waals surface area contributed by atoms with Gasteiger partial charge in [0.15, 0.2) is 0 Å². The Kier molecular flexibility index (Phi) is 3.88. The van der Waals surface area contributed by atoms with Crippen LogP contribution < -0.4 is 0 Å². The van der Waals surface area contributed by atoms with Crippen LogP contribution in [0.1, 0.15) is 26.3 Å². The van der Waals surface area contributed by atoms with Crippen molar-refractivity contribution in [2.24, 2.45) is 12.1 Å². The number of imide groups is 1. The molecule has 0 bridgehead atoms. The molecule has 0 radical (unpaired) electrons. The van der Waals surface area contributed by atoms with Gasteiger partial charge in [-0.3, -0.25) is 9.59 Å². The van der Waals surface area contributed by atoms with Crippen LogP contribution in [0.2, 0.25) is 0 Å². The van der Waals surface area contributed by atoms with E-state index < -0.39 is 11.8 Å². The number of para-hydroxylation sites is 1. The normalized spacial score (nSPS) is 13.6. The predicted octanol–water partition coefficient (Wildman–Crippen LogP) is 4.48. The van der Waals surface area contributed by atoms with Crippen LogP contribution in [-0.4, -0.2) is 27.6 Å². The lowest BCUT2D eigenvalue weighted by Gasteiger charge is -2.08. The average molecular weight is 379 g/mol. The van der Waals surface area contributed by atoms with Crippen molar-refractivity contribution < 1.29 is 9.59 Å². The van der Waals surface area contributed by atoms with E-state index >= 15 is 0 Å². The van der Waals surface area contributed by atoms with Crippen LogP contribution in [-0.2, 0) is 7.05 Å². The molecule has 140 valence electrons. The van der Waals surface area contributed by atoms with Crippen molar-refractivity contribution in [2.75, 3.05) is 0 Å². The van der Waals surface area contributed by atoms with Gasteiger partial charge in [0.05, 0.1) is 23.0 Å². The van der Waals surface area contributed by atoms with E-state index in [9.17, 15) is 9.59 Å². The van der Waals surface area contributed by atoms with Crippen LogP contribution in [0.15, 0.2) is 84.0 Å². The average Bonchev–Trinajstić information content (AvgIpc) is 3.19.